The van der Waals surface area contributed by atoms with E-state index < -0.39 is 0 Å². The van der Waals surface area contributed by atoms with Gasteiger partial charge in [-0.15, -0.1) is 12.4 Å². The molecule has 1 aliphatic carbocycles. The third-order valence-corrected chi connectivity index (χ3v) is 3.40. The summed E-state index contributed by atoms with van der Waals surface area (Å²) < 4.78 is 0. The Morgan fingerprint density at radius 3 is 2.64 bits per heavy atom. The summed E-state index contributed by atoms with van der Waals surface area (Å²) in [4.78, 5) is 11.8. The molecule has 0 aromatic rings. The van der Waals surface area contributed by atoms with Crippen LogP contribution in [-0.2, 0) is 4.79 Å². The number of carbonyl (C=O) groups is 1. The largest absolute Gasteiger partial charge is 0.352 e. The van der Waals surface area contributed by atoms with Crippen LogP contribution in [0.2, 0.25) is 0 Å². The van der Waals surface area contributed by atoms with Gasteiger partial charge in [0.1, 0.15) is 0 Å². The first-order valence-electron chi connectivity index (χ1n) is 5.22. The van der Waals surface area contributed by atoms with E-state index in [9.17, 15) is 4.79 Å². The Hall–Kier alpha value is -0.280. The molecule has 1 atom stereocenters. The van der Waals surface area contributed by atoms with Gasteiger partial charge in [0, 0.05) is 18.0 Å². The average Bonchev–Trinajstić information content (AvgIpc) is 2.52. The molecular weight excluding hydrogens is 200 g/mol. The van der Waals surface area contributed by atoms with Gasteiger partial charge in [0.25, 0.3) is 0 Å². The van der Waals surface area contributed by atoms with Crippen molar-refractivity contribution in [2.24, 2.45) is 5.41 Å². The lowest BCUT2D eigenvalue weighted by molar-refractivity contribution is -0.135. The predicted molar refractivity (Wildman–Crippen MR) is 58.6 cm³/mol. The normalized spacial score (nSPS) is 28.8. The summed E-state index contributed by atoms with van der Waals surface area (Å²) in [6.07, 6.45) is 4.44. The lowest BCUT2D eigenvalue weighted by atomic mass is 9.70. The zero-order chi connectivity index (χ0) is 9.31. The number of carbonyl (C=O) groups excluding carboxylic acids is 1. The number of hydrogen-bond donors (Lipinski definition) is 2. The van der Waals surface area contributed by atoms with Crippen molar-refractivity contribution in [1.29, 1.82) is 0 Å². The molecule has 0 radical (unpaired) electrons. The van der Waals surface area contributed by atoms with E-state index >= 15 is 0 Å². The lowest BCUT2D eigenvalue weighted by Crippen LogP contribution is -2.48. The van der Waals surface area contributed by atoms with Crippen molar-refractivity contribution >= 4 is 18.3 Å². The number of nitrogens with one attached hydrogen (secondary N) is 2. The van der Waals surface area contributed by atoms with Gasteiger partial charge in [-0.3, -0.25) is 4.79 Å². The van der Waals surface area contributed by atoms with E-state index in [-0.39, 0.29) is 23.7 Å². The van der Waals surface area contributed by atoms with Crippen LogP contribution in [0.4, 0.5) is 0 Å². The number of rotatable bonds is 2. The number of halogens is 1. The highest BCUT2D eigenvalue weighted by atomic mass is 35.5. The van der Waals surface area contributed by atoms with Crippen LogP contribution in [0.5, 0.6) is 0 Å². The second-order valence-electron chi connectivity index (χ2n) is 4.58. The maximum Gasteiger partial charge on any atom is 0.226 e. The smallest absolute Gasteiger partial charge is 0.226 e. The van der Waals surface area contributed by atoms with Gasteiger partial charge in [-0.25, -0.2) is 0 Å². The van der Waals surface area contributed by atoms with Gasteiger partial charge < -0.3 is 10.6 Å². The Bertz CT molecular complexity index is 210. The maximum absolute atomic E-state index is 11.8. The molecule has 1 heterocycles. The van der Waals surface area contributed by atoms with E-state index in [2.05, 4.69) is 17.6 Å². The van der Waals surface area contributed by atoms with E-state index in [1.165, 1.54) is 6.42 Å². The minimum absolute atomic E-state index is 0. The van der Waals surface area contributed by atoms with Crippen molar-refractivity contribution < 1.29 is 4.79 Å². The molecule has 0 aromatic heterocycles. The number of hydrogen-bond acceptors (Lipinski definition) is 2. The Kier molecular flexibility index (Phi) is 3.78. The monoisotopic (exact) mass is 218 g/mol. The summed E-state index contributed by atoms with van der Waals surface area (Å²) in [5.74, 6) is 0.271. The molecule has 1 amide bonds. The number of amides is 1. The van der Waals surface area contributed by atoms with Gasteiger partial charge in [0.2, 0.25) is 5.91 Å². The van der Waals surface area contributed by atoms with E-state index in [1.54, 1.807) is 0 Å². The molecule has 3 nitrogen and oxygen atoms in total. The van der Waals surface area contributed by atoms with Crippen LogP contribution in [-0.4, -0.2) is 25.0 Å². The molecular formula is C10H19ClN2O. The molecule has 4 heteroatoms. The zero-order valence-electron chi connectivity index (χ0n) is 8.64. The standard InChI is InChI=1S/C10H18N2O.ClH/c1-10(4-2-5-10)9(13)12-8-3-6-11-7-8;/h8,11H,2-7H2,1H3,(H,12,13);1H/t8-;/m0./s1. The average molecular weight is 219 g/mol. The fourth-order valence-corrected chi connectivity index (χ4v) is 2.07. The van der Waals surface area contributed by atoms with Gasteiger partial charge in [-0.1, -0.05) is 13.3 Å². The minimum atomic E-state index is -0.0391. The van der Waals surface area contributed by atoms with Gasteiger partial charge >= 0.3 is 0 Å². The van der Waals surface area contributed by atoms with Crippen LogP contribution in [0, 0.1) is 5.41 Å². The fraction of sp³-hybridized carbons (Fsp3) is 0.900. The molecule has 0 spiro atoms. The van der Waals surface area contributed by atoms with Crippen molar-refractivity contribution in [3.8, 4) is 0 Å². The van der Waals surface area contributed by atoms with Crippen molar-refractivity contribution in [1.82, 2.24) is 10.6 Å². The highest BCUT2D eigenvalue weighted by molar-refractivity contribution is 5.85. The van der Waals surface area contributed by atoms with Crippen LogP contribution in [0.15, 0.2) is 0 Å². The molecule has 1 saturated heterocycles. The molecule has 1 saturated carbocycles. The van der Waals surface area contributed by atoms with Gasteiger partial charge in [-0.05, 0) is 25.8 Å². The second kappa shape index (κ2) is 4.49. The van der Waals surface area contributed by atoms with Crippen LogP contribution in [0.3, 0.4) is 0 Å². The van der Waals surface area contributed by atoms with Crippen molar-refractivity contribution in [3.63, 3.8) is 0 Å². The van der Waals surface area contributed by atoms with Crippen molar-refractivity contribution in [2.45, 2.75) is 38.6 Å². The predicted octanol–water partition coefficient (Wildman–Crippen LogP) is 1.08. The van der Waals surface area contributed by atoms with Crippen LogP contribution >= 0.6 is 12.4 Å². The van der Waals surface area contributed by atoms with E-state index in [1.807, 2.05) is 0 Å². The SMILES string of the molecule is CC1(C(=O)N[C@H]2CCNC2)CCC1.Cl. The first kappa shape index (κ1) is 11.8. The minimum Gasteiger partial charge on any atom is -0.352 e. The molecule has 0 bridgehead atoms. The van der Waals surface area contributed by atoms with Gasteiger partial charge in [0.15, 0.2) is 0 Å². The molecule has 14 heavy (non-hydrogen) atoms. The summed E-state index contributed by atoms with van der Waals surface area (Å²) >= 11 is 0. The van der Waals surface area contributed by atoms with Crippen molar-refractivity contribution in [3.05, 3.63) is 0 Å². The maximum atomic E-state index is 11.8. The first-order valence-corrected chi connectivity index (χ1v) is 5.22. The Morgan fingerprint density at radius 2 is 2.21 bits per heavy atom. The Morgan fingerprint density at radius 1 is 1.50 bits per heavy atom. The summed E-state index contributed by atoms with van der Waals surface area (Å²) in [5, 5.41) is 6.37. The van der Waals surface area contributed by atoms with E-state index in [0.717, 1.165) is 32.4 Å². The summed E-state index contributed by atoms with van der Waals surface area (Å²) in [7, 11) is 0. The van der Waals surface area contributed by atoms with E-state index in [0.29, 0.717) is 6.04 Å². The van der Waals surface area contributed by atoms with Crippen molar-refractivity contribution in [2.75, 3.05) is 13.1 Å². The molecule has 1 aliphatic heterocycles. The summed E-state index contributed by atoms with van der Waals surface area (Å²) in [5.41, 5.74) is -0.0391. The molecule has 0 unspecified atom stereocenters. The third-order valence-electron chi connectivity index (χ3n) is 3.40. The first-order chi connectivity index (χ1) is 6.21. The fourth-order valence-electron chi connectivity index (χ4n) is 2.07. The molecule has 82 valence electrons. The molecule has 2 aliphatic rings. The molecule has 2 fully saturated rings. The van der Waals surface area contributed by atoms with Gasteiger partial charge in [-0.2, -0.15) is 0 Å². The zero-order valence-corrected chi connectivity index (χ0v) is 9.45. The highest BCUT2D eigenvalue weighted by Gasteiger charge is 2.39. The summed E-state index contributed by atoms with van der Waals surface area (Å²) in [6.45, 7) is 4.07. The third kappa shape index (κ3) is 2.20. The lowest BCUT2D eigenvalue weighted by Gasteiger charge is -2.37. The van der Waals surface area contributed by atoms with Crippen LogP contribution in [0.25, 0.3) is 0 Å². The van der Waals surface area contributed by atoms with Crippen LogP contribution < -0.4 is 10.6 Å². The Labute approximate surface area is 91.4 Å². The summed E-state index contributed by atoms with van der Waals surface area (Å²) in [6, 6.07) is 0.380. The molecule has 2 rings (SSSR count). The topological polar surface area (TPSA) is 41.1 Å². The second-order valence-corrected chi connectivity index (χ2v) is 4.58. The molecule has 0 aromatic carbocycles. The molecule has 2 N–H and O–H groups in total. The quantitative estimate of drug-likeness (QED) is 0.728. The highest BCUT2D eigenvalue weighted by Crippen LogP contribution is 2.40. The van der Waals surface area contributed by atoms with E-state index in [4.69, 9.17) is 0 Å². The Balaban J connectivity index is 0.000000980. The van der Waals surface area contributed by atoms with Crippen LogP contribution in [0.1, 0.15) is 32.6 Å². The van der Waals surface area contributed by atoms with Gasteiger partial charge in [0.05, 0.1) is 0 Å².